The minimum Gasteiger partial charge on any atom is -0.494 e. The van der Waals surface area contributed by atoms with Crippen molar-refractivity contribution in [3.8, 4) is 5.75 Å². The van der Waals surface area contributed by atoms with E-state index in [1.165, 1.54) is 35.7 Å². The number of amides is 1. The maximum absolute atomic E-state index is 14.6. The third kappa shape index (κ3) is 6.70. The van der Waals surface area contributed by atoms with Crippen molar-refractivity contribution in [3.05, 3.63) is 72.6 Å². The van der Waals surface area contributed by atoms with Crippen LogP contribution < -0.4 is 25.3 Å². The highest BCUT2D eigenvalue weighted by Gasteiger charge is 2.33. The third-order valence-electron chi connectivity index (χ3n) is 8.51. The lowest BCUT2D eigenvalue weighted by molar-refractivity contribution is -0.111. The first kappa shape index (κ1) is 30.7. The number of morpholine rings is 1. The van der Waals surface area contributed by atoms with E-state index in [1.807, 2.05) is 6.07 Å². The Morgan fingerprint density at radius 1 is 1.02 bits per heavy atom. The van der Waals surface area contributed by atoms with Crippen molar-refractivity contribution >= 4 is 34.6 Å². The topological polar surface area (TPSA) is 104 Å². The number of ether oxygens (including phenoxy) is 2. The van der Waals surface area contributed by atoms with Gasteiger partial charge in [-0.15, -0.1) is 0 Å². The lowest BCUT2D eigenvalue weighted by atomic mass is 10.0. The predicted octanol–water partition coefficient (Wildman–Crippen LogP) is 4.82. The highest BCUT2D eigenvalue weighted by atomic mass is 19.1. The predicted molar refractivity (Wildman–Crippen MR) is 167 cm³/mol. The number of hydroxylamine groups is 1. The van der Waals surface area contributed by atoms with E-state index < -0.39 is 17.7 Å². The Morgan fingerprint density at radius 2 is 1.78 bits per heavy atom. The summed E-state index contributed by atoms with van der Waals surface area (Å²) in [5.41, 5.74) is 1.92. The number of aromatic nitrogens is 2. The Balaban J connectivity index is 1.25. The number of hydrogen-bond acceptors (Lipinski definition) is 10. The summed E-state index contributed by atoms with van der Waals surface area (Å²) >= 11 is 0. The Hall–Kier alpha value is -4.33. The molecule has 0 saturated carbocycles. The number of nitrogens with one attached hydrogen (secondary N) is 2. The molecule has 0 unspecified atom stereocenters. The zero-order valence-electron chi connectivity index (χ0n) is 25.2. The van der Waals surface area contributed by atoms with Crippen molar-refractivity contribution in [2.75, 3.05) is 73.7 Å². The molecule has 3 aromatic rings. The molecule has 0 spiro atoms. The molecule has 2 N–H and O–H groups in total. The minimum absolute atomic E-state index is 0.0723. The molecule has 3 aliphatic heterocycles. The summed E-state index contributed by atoms with van der Waals surface area (Å²) < 4.78 is 40.6. The van der Waals surface area contributed by atoms with Crippen LogP contribution in [0.2, 0.25) is 0 Å². The number of carbonyl (C=O) groups is 1. The normalized spacial score (nSPS) is 19.4. The van der Waals surface area contributed by atoms with Gasteiger partial charge in [0.1, 0.15) is 29.5 Å². The van der Waals surface area contributed by atoms with Gasteiger partial charge >= 0.3 is 0 Å². The monoisotopic (exact) mass is 621 g/mol. The average molecular weight is 622 g/mol. The van der Waals surface area contributed by atoms with Gasteiger partial charge in [0, 0.05) is 56.3 Å². The molecule has 1 atom stereocenters. The van der Waals surface area contributed by atoms with Crippen LogP contribution in [0.4, 0.5) is 37.5 Å². The first-order chi connectivity index (χ1) is 21.9. The molecule has 2 aromatic carbocycles. The molecular formula is C32H37F2N7O4. The molecule has 238 valence electrons. The van der Waals surface area contributed by atoms with Crippen LogP contribution in [-0.2, 0) is 14.4 Å². The number of anilines is 5. The van der Waals surface area contributed by atoms with E-state index in [0.29, 0.717) is 41.2 Å². The van der Waals surface area contributed by atoms with E-state index in [9.17, 15) is 13.6 Å². The first-order valence-electron chi connectivity index (χ1n) is 15.1. The van der Waals surface area contributed by atoms with E-state index >= 15 is 0 Å². The van der Waals surface area contributed by atoms with E-state index in [-0.39, 0.29) is 18.1 Å². The molecule has 0 radical (unpaired) electrons. The zero-order chi connectivity index (χ0) is 31.3. The Labute approximate surface area is 260 Å². The number of halogens is 2. The molecule has 1 amide bonds. The fraction of sp³-hybridized carbons (Fsp3) is 0.406. The molecule has 13 heteroatoms. The van der Waals surface area contributed by atoms with Gasteiger partial charge in [0.15, 0.2) is 5.82 Å². The number of hydrogen-bond donors (Lipinski definition) is 2. The summed E-state index contributed by atoms with van der Waals surface area (Å²) in [6.07, 6.45) is 4.95. The Morgan fingerprint density at radius 3 is 2.49 bits per heavy atom. The van der Waals surface area contributed by atoms with Crippen molar-refractivity contribution < 1.29 is 27.9 Å². The van der Waals surface area contributed by atoms with Crippen molar-refractivity contribution in [2.24, 2.45) is 0 Å². The number of methoxy groups -OCH3 is 1. The summed E-state index contributed by atoms with van der Waals surface area (Å²) in [4.78, 5) is 31.7. The minimum atomic E-state index is -0.698. The molecule has 3 fully saturated rings. The number of rotatable bonds is 9. The largest absolute Gasteiger partial charge is 0.494 e. The summed E-state index contributed by atoms with van der Waals surface area (Å²) in [5.74, 6) is -0.365. The quantitative estimate of drug-likeness (QED) is 0.324. The SMILES string of the molecule is C=CC(=O)Nc1cc(Nc2cc(N3OCC[C@H]3c3c(F)cccc3F)ncn2)c(OC)cc1N1CCC(N2CCOCC2)CC1. The van der Waals surface area contributed by atoms with Gasteiger partial charge in [0.2, 0.25) is 5.91 Å². The van der Waals surface area contributed by atoms with Crippen LogP contribution in [0.5, 0.6) is 5.75 Å². The van der Waals surface area contributed by atoms with Gasteiger partial charge in [-0.3, -0.25) is 14.5 Å². The standard InChI is InChI=1S/C32H37F2N7O4/c1-3-31(42)38-24-17-25(28(43-2)18-27(24)40-10-7-21(8-11-40)39-12-15-44-16-13-39)37-29-19-30(36-20-35-29)41-26(9-14-45-41)32-22(33)5-4-6-23(32)34/h3-6,17-21,26H,1,7-16H2,2H3,(H,38,42)(H,35,36,37)/t26-/m0/s1. The van der Waals surface area contributed by atoms with Crippen LogP contribution in [0, 0.1) is 11.6 Å². The van der Waals surface area contributed by atoms with Gasteiger partial charge in [0.25, 0.3) is 0 Å². The summed E-state index contributed by atoms with van der Waals surface area (Å²) in [6, 6.07) is 8.92. The van der Waals surface area contributed by atoms with E-state index in [4.69, 9.17) is 14.3 Å². The van der Waals surface area contributed by atoms with Crippen LogP contribution in [0.1, 0.15) is 30.9 Å². The van der Waals surface area contributed by atoms with Crippen LogP contribution >= 0.6 is 0 Å². The van der Waals surface area contributed by atoms with Crippen LogP contribution in [0.3, 0.4) is 0 Å². The molecular weight excluding hydrogens is 584 g/mol. The average Bonchev–Trinajstić information content (AvgIpc) is 3.55. The van der Waals surface area contributed by atoms with Gasteiger partial charge in [-0.25, -0.2) is 23.8 Å². The van der Waals surface area contributed by atoms with Crippen molar-refractivity contribution in [3.63, 3.8) is 0 Å². The third-order valence-corrected chi connectivity index (χ3v) is 8.51. The van der Waals surface area contributed by atoms with Crippen molar-refractivity contribution in [2.45, 2.75) is 31.3 Å². The number of benzene rings is 2. The van der Waals surface area contributed by atoms with Crippen LogP contribution in [0.15, 0.2) is 55.4 Å². The fourth-order valence-electron chi connectivity index (χ4n) is 6.26. The van der Waals surface area contributed by atoms with Crippen molar-refractivity contribution in [1.29, 1.82) is 0 Å². The van der Waals surface area contributed by atoms with Gasteiger partial charge < -0.3 is 25.0 Å². The molecule has 3 aliphatic rings. The van der Waals surface area contributed by atoms with E-state index in [0.717, 1.165) is 57.9 Å². The zero-order valence-corrected chi connectivity index (χ0v) is 25.2. The first-order valence-corrected chi connectivity index (χ1v) is 15.1. The summed E-state index contributed by atoms with van der Waals surface area (Å²) in [7, 11) is 1.58. The van der Waals surface area contributed by atoms with Gasteiger partial charge in [-0.2, -0.15) is 0 Å². The lowest BCUT2D eigenvalue weighted by Gasteiger charge is -2.41. The molecule has 6 rings (SSSR count). The van der Waals surface area contributed by atoms with E-state index in [2.05, 4.69) is 37.0 Å². The molecule has 4 heterocycles. The molecule has 1 aromatic heterocycles. The van der Waals surface area contributed by atoms with Crippen LogP contribution in [-0.4, -0.2) is 79.9 Å². The van der Waals surface area contributed by atoms with Crippen LogP contribution in [0.25, 0.3) is 0 Å². The van der Waals surface area contributed by atoms with E-state index in [1.54, 1.807) is 19.2 Å². The van der Waals surface area contributed by atoms with Gasteiger partial charge in [-0.05, 0) is 37.1 Å². The molecule has 3 saturated heterocycles. The van der Waals surface area contributed by atoms with Gasteiger partial charge in [0.05, 0.1) is 50.0 Å². The molecule has 45 heavy (non-hydrogen) atoms. The second-order valence-corrected chi connectivity index (χ2v) is 11.1. The van der Waals surface area contributed by atoms with Gasteiger partial charge in [-0.1, -0.05) is 12.6 Å². The molecule has 11 nitrogen and oxygen atoms in total. The number of nitrogens with zero attached hydrogens (tertiary/aromatic N) is 5. The lowest BCUT2D eigenvalue weighted by Crippen LogP contribution is -2.49. The fourth-order valence-corrected chi connectivity index (χ4v) is 6.26. The Kier molecular flexibility index (Phi) is 9.38. The summed E-state index contributed by atoms with van der Waals surface area (Å²) in [6.45, 7) is 8.98. The second-order valence-electron chi connectivity index (χ2n) is 11.1. The second kappa shape index (κ2) is 13.8. The number of piperidine rings is 1. The maximum atomic E-state index is 14.6. The van der Waals surface area contributed by atoms with Crippen molar-refractivity contribution in [1.82, 2.24) is 14.9 Å². The summed E-state index contributed by atoms with van der Waals surface area (Å²) in [5, 5.41) is 7.61. The molecule has 0 aliphatic carbocycles. The molecule has 0 bridgehead atoms. The number of carbonyl (C=O) groups excluding carboxylic acids is 1. The Bertz CT molecular complexity index is 1510. The highest BCUT2D eigenvalue weighted by Crippen LogP contribution is 2.41. The highest BCUT2D eigenvalue weighted by molar-refractivity contribution is 6.02. The smallest absolute Gasteiger partial charge is 0.247 e. The maximum Gasteiger partial charge on any atom is 0.247 e.